The lowest BCUT2D eigenvalue weighted by Crippen LogP contribution is -2.19. The maximum Gasteiger partial charge on any atom is 0.344 e. The molecule has 0 amide bonds. The first-order valence-corrected chi connectivity index (χ1v) is 20.0. The molecule has 1 aliphatic rings. The van der Waals surface area contributed by atoms with E-state index in [1.807, 2.05) is 0 Å². The van der Waals surface area contributed by atoms with Crippen molar-refractivity contribution in [1.82, 2.24) is 0 Å². The van der Waals surface area contributed by atoms with Crippen LogP contribution in [-0.4, -0.2) is 98.9 Å². The van der Waals surface area contributed by atoms with Crippen molar-refractivity contribution in [3.05, 3.63) is 116 Å². The Morgan fingerprint density at radius 1 is 0.403 bits per heavy atom. The molecule has 328 valence electrons. The van der Waals surface area contributed by atoms with Gasteiger partial charge in [-0.15, -0.1) is 0 Å². The van der Waals surface area contributed by atoms with Gasteiger partial charge in [0, 0.05) is 25.7 Å². The number of aromatic carboxylic acids is 2. The number of benzene rings is 4. The lowest BCUT2D eigenvalue weighted by Gasteiger charge is -2.23. The first kappa shape index (κ1) is 46.0. The summed E-state index contributed by atoms with van der Waals surface area (Å²) in [5.74, 6) is -4.43. The predicted octanol–water partition coefficient (Wildman–Crippen LogP) is 5.53. The maximum absolute atomic E-state index is 12.7. The maximum atomic E-state index is 12.7. The average molecular weight is 857 g/mol. The minimum absolute atomic E-state index is 0.0584. The van der Waals surface area contributed by atoms with Crippen molar-refractivity contribution < 1.29 is 76.9 Å². The molecule has 0 radical (unpaired) electrons. The lowest BCUT2D eigenvalue weighted by molar-refractivity contribution is -0.146. The fraction of sp³-hybridized carbons (Fsp3) is 0.348. The molecule has 8 bridgehead atoms. The van der Waals surface area contributed by atoms with Crippen LogP contribution < -0.4 is 18.9 Å². The molecule has 0 heterocycles. The third-order valence-corrected chi connectivity index (χ3v) is 9.42. The molecule has 4 aromatic rings. The smallest absolute Gasteiger partial charge is 0.344 e. The monoisotopic (exact) mass is 856 g/mol. The second kappa shape index (κ2) is 21.9. The molecule has 0 unspecified atom stereocenters. The zero-order valence-electron chi connectivity index (χ0n) is 34.9. The van der Waals surface area contributed by atoms with Gasteiger partial charge in [-0.1, -0.05) is 36.4 Å². The highest BCUT2D eigenvalue weighted by atomic mass is 16.6. The number of ether oxygens (including phenoxy) is 8. The van der Waals surface area contributed by atoms with Gasteiger partial charge in [-0.05, 0) is 96.5 Å². The van der Waals surface area contributed by atoms with E-state index in [2.05, 4.69) is 0 Å². The highest BCUT2D eigenvalue weighted by molar-refractivity contribution is 5.89. The van der Waals surface area contributed by atoms with Crippen LogP contribution in [0.15, 0.2) is 60.7 Å². The number of hydrogen-bond acceptors (Lipinski definition) is 14. The SMILES string of the molecule is CCOC(=O)COc1c2cccc1Cc1cc(C(=O)O)cc(c1OCC(=O)OCC)Cc1cccc(c1OCC(=O)OCC)Cc1cc(C(=O)O)cc(c1OCC(=O)OCC)C2. The number of para-hydroxylation sites is 2. The van der Waals surface area contributed by atoms with Crippen LogP contribution in [0.3, 0.4) is 0 Å². The minimum atomic E-state index is -1.25. The van der Waals surface area contributed by atoms with Gasteiger partial charge in [0.05, 0.1) is 37.6 Å². The van der Waals surface area contributed by atoms with Gasteiger partial charge in [-0.3, -0.25) is 0 Å². The average Bonchev–Trinajstić information content (AvgIpc) is 3.22. The van der Waals surface area contributed by atoms with Gasteiger partial charge in [0.1, 0.15) is 23.0 Å². The second-order valence-corrected chi connectivity index (χ2v) is 13.8. The van der Waals surface area contributed by atoms with Gasteiger partial charge < -0.3 is 48.1 Å². The van der Waals surface area contributed by atoms with E-state index in [9.17, 15) is 39.0 Å². The predicted molar refractivity (Wildman–Crippen MR) is 219 cm³/mol. The fourth-order valence-electron chi connectivity index (χ4n) is 7.01. The lowest BCUT2D eigenvalue weighted by atomic mass is 9.89. The summed E-state index contributed by atoms with van der Waals surface area (Å²) in [6, 6.07) is 15.9. The first-order chi connectivity index (χ1) is 29.8. The van der Waals surface area contributed by atoms with Crippen LogP contribution in [0.1, 0.15) is 92.9 Å². The van der Waals surface area contributed by atoms with E-state index < -0.39 is 62.2 Å². The molecular weight excluding hydrogens is 808 g/mol. The number of rotatable bonds is 18. The molecule has 0 fully saturated rings. The minimum Gasteiger partial charge on any atom is -0.481 e. The molecule has 2 N–H and O–H groups in total. The Morgan fingerprint density at radius 3 is 0.839 bits per heavy atom. The number of esters is 4. The number of carboxylic acid groups (broad SMARTS) is 2. The molecule has 0 saturated carbocycles. The van der Waals surface area contributed by atoms with Crippen LogP contribution in [0.4, 0.5) is 0 Å². The van der Waals surface area contributed by atoms with Crippen molar-refractivity contribution in [2.75, 3.05) is 52.9 Å². The van der Waals surface area contributed by atoms with Gasteiger partial charge in [0.15, 0.2) is 26.4 Å². The van der Waals surface area contributed by atoms with Crippen molar-refractivity contribution in [2.45, 2.75) is 53.4 Å². The van der Waals surface area contributed by atoms with Gasteiger partial charge in [-0.2, -0.15) is 0 Å². The number of carboxylic acids is 2. The molecule has 0 atom stereocenters. The summed E-state index contributed by atoms with van der Waals surface area (Å²) in [6.07, 6.45) is -0.233. The molecule has 1 aliphatic carbocycles. The van der Waals surface area contributed by atoms with E-state index in [0.717, 1.165) is 0 Å². The summed E-state index contributed by atoms with van der Waals surface area (Å²) >= 11 is 0. The molecule has 0 spiro atoms. The number of fused-ring (bicyclic) bond motifs is 8. The van der Waals surface area contributed by atoms with E-state index in [4.69, 9.17) is 37.9 Å². The Hall–Kier alpha value is -7.10. The largest absolute Gasteiger partial charge is 0.481 e. The molecule has 0 saturated heterocycles. The highest BCUT2D eigenvalue weighted by Gasteiger charge is 2.26. The van der Waals surface area contributed by atoms with Crippen molar-refractivity contribution in [1.29, 1.82) is 0 Å². The van der Waals surface area contributed by atoms with Crippen LogP contribution in [-0.2, 0) is 63.8 Å². The molecule has 4 aromatic carbocycles. The van der Waals surface area contributed by atoms with Crippen molar-refractivity contribution in [2.24, 2.45) is 0 Å². The Morgan fingerprint density at radius 2 is 0.629 bits per heavy atom. The van der Waals surface area contributed by atoms with E-state index in [1.165, 1.54) is 24.3 Å². The summed E-state index contributed by atoms with van der Waals surface area (Å²) in [6.45, 7) is 4.88. The molecule has 5 rings (SSSR count). The molecule has 16 heteroatoms. The summed E-state index contributed by atoms with van der Waals surface area (Å²) in [7, 11) is 0. The third kappa shape index (κ3) is 12.0. The number of hydrogen-bond donors (Lipinski definition) is 2. The topological polar surface area (TPSA) is 217 Å². The van der Waals surface area contributed by atoms with Gasteiger partial charge >= 0.3 is 35.8 Å². The van der Waals surface area contributed by atoms with Crippen molar-refractivity contribution in [3.8, 4) is 23.0 Å². The Bertz CT molecular complexity index is 2060. The van der Waals surface area contributed by atoms with Gasteiger partial charge in [0.25, 0.3) is 0 Å². The van der Waals surface area contributed by atoms with Crippen LogP contribution in [0.5, 0.6) is 23.0 Å². The summed E-state index contributed by atoms with van der Waals surface area (Å²) in [5.41, 5.74) is 2.93. The van der Waals surface area contributed by atoms with Crippen LogP contribution >= 0.6 is 0 Å². The van der Waals surface area contributed by atoms with E-state index in [1.54, 1.807) is 64.1 Å². The van der Waals surface area contributed by atoms with Gasteiger partial charge in [-0.25, -0.2) is 28.8 Å². The summed E-state index contributed by atoms with van der Waals surface area (Å²) in [4.78, 5) is 76.2. The second-order valence-electron chi connectivity index (χ2n) is 13.8. The molecule has 0 aliphatic heterocycles. The Kier molecular flexibility index (Phi) is 16.3. The van der Waals surface area contributed by atoms with E-state index in [0.29, 0.717) is 44.5 Å². The highest BCUT2D eigenvalue weighted by Crippen LogP contribution is 2.40. The third-order valence-electron chi connectivity index (χ3n) is 9.42. The zero-order valence-corrected chi connectivity index (χ0v) is 34.9. The van der Waals surface area contributed by atoms with E-state index >= 15 is 0 Å². The summed E-state index contributed by atoms with van der Waals surface area (Å²) < 4.78 is 45.3. The summed E-state index contributed by atoms with van der Waals surface area (Å²) in [5, 5.41) is 20.7. The first-order valence-electron chi connectivity index (χ1n) is 20.0. The van der Waals surface area contributed by atoms with Crippen LogP contribution in [0.2, 0.25) is 0 Å². The Balaban J connectivity index is 1.85. The standard InChI is InChI=1S/C46H48O16/c1-5-55-37(47)23-59-41-27-11-9-12-28(41)16-32-20-36(46(53)54)22-34(44(32)62-26-40(50)58-8-4)18-30-14-10-13-29(42(30)60-24-38(48)56-6-2)17-33-21-35(45(51)52)19-31(15-27)43(33)61-25-39(49)57-7-3/h9-14,19-22H,5-8,15-18,23-26H2,1-4H3,(H,51,52)(H,53,54). The van der Waals surface area contributed by atoms with E-state index in [-0.39, 0.29) is 86.2 Å². The molecule has 62 heavy (non-hydrogen) atoms. The zero-order chi connectivity index (χ0) is 44.8. The fourth-order valence-corrected chi connectivity index (χ4v) is 7.01. The number of carbonyl (C=O) groups is 6. The van der Waals surface area contributed by atoms with Crippen LogP contribution in [0.25, 0.3) is 0 Å². The quantitative estimate of drug-likeness (QED) is 0.0818. The normalized spacial score (nSPS) is 11.7. The number of carbonyl (C=O) groups excluding carboxylic acids is 4. The molecule has 0 aromatic heterocycles. The molecular formula is C46H48O16. The van der Waals surface area contributed by atoms with Crippen molar-refractivity contribution in [3.63, 3.8) is 0 Å². The van der Waals surface area contributed by atoms with Crippen LogP contribution in [0, 0.1) is 0 Å². The Labute approximate surface area is 357 Å². The van der Waals surface area contributed by atoms with Crippen molar-refractivity contribution >= 4 is 35.8 Å². The molecule has 16 nitrogen and oxygen atoms in total. The van der Waals surface area contributed by atoms with Gasteiger partial charge in [0.2, 0.25) is 0 Å².